The number of carbonyl (C=O) groups is 1. The highest BCUT2D eigenvalue weighted by molar-refractivity contribution is 7.92. The lowest BCUT2D eigenvalue weighted by Crippen LogP contribution is -2.48. The Morgan fingerprint density at radius 3 is 2.13 bits per heavy atom. The zero-order chi connectivity index (χ0) is 27.5. The molecule has 1 fully saturated rings. The number of anilines is 2. The van der Waals surface area contributed by atoms with Gasteiger partial charge in [-0.15, -0.1) is 0 Å². The highest BCUT2D eigenvalue weighted by Gasteiger charge is 2.28. The molecule has 1 N–H and O–H groups in total. The first-order valence-corrected chi connectivity index (χ1v) is 15.5. The standard InChI is InChI=1S/C27H32N4O5S2/c1-21-7-13-26(14-8-21)38(35,36)31-17-15-30(16-18-31)20-22-9-11-23(12-10-22)27(32)28-24-5-4-6-25(19-24)29(2)37(3,33)34/h4-14,19H,15-18,20H2,1-3H3,(H,28,32). The molecule has 0 saturated carbocycles. The van der Waals surface area contributed by atoms with Crippen molar-refractivity contribution in [3.63, 3.8) is 0 Å². The quantitative estimate of drug-likeness (QED) is 0.457. The average Bonchev–Trinajstić information content (AvgIpc) is 2.89. The Bertz CT molecular complexity index is 1500. The van der Waals surface area contributed by atoms with Gasteiger partial charge in [-0.25, -0.2) is 16.8 Å². The first-order chi connectivity index (χ1) is 17.9. The predicted molar refractivity (Wildman–Crippen MR) is 149 cm³/mol. The fraction of sp³-hybridized carbons (Fsp3) is 0.296. The Morgan fingerprint density at radius 2 is 1.53 bits per heavy atom. The Kier molecular flexibility index (Phi) is 8.22. The van der Waals surface area contributed by atoms with E-state index in [0.717, 1.165) is 21.7 Å². The van der Waals surface area contributed by atoms with Crippen molar-refractivity contribution in [1.82, 2.24) is 9.21 Å². The molecule has 0 bridgehead atoms. The summed E-state index contributed by atoms with van der Waals surface area (Å²) in [4.78, 5) is 15.3. The Labute approximate surface area is 224 Å². The van der Waals surface area contributed by atoms with Crippen LogP contribution in [0.25, 0.3) is 0 Å². The molecule has 9 nitrogen and oxygen atoms in total. The number of aryl methyl sites for hydroxylation is 1. The van der Waals surface area contributed by atoms with E-state index in [1.165, 1.54) is 11.4 Å². The smallest absolute Gasteiger partial charge is 0.255 e. The Balaban J connectivity index is 1.32. The number of rotatable bonds is 8. The molecule has 3 aromatic rings. The topological polar surface area (TPSA) is 107 Å². The van der Waals surface area contributed by atoms with Crippen LogP contribution in [-0.2, 0) is 26.6 Å². The van der Waals surface area contributed by atoms with E-state index in [1.807, 2.05) is 31.2 Å². The molecule has 0 aromatic heterocycles. The minimum absolute atomic E-state index is 0.300. The van der Waals surface area contributed by atoms with E-state index in [1.54, 1.807) is 48.5 Å². The SMILES string of the molecule is Cc1ccc(S(=O)(=O)N2CCN(Cc3ccc(C(=O)Nc4cccc(N(C)S(C)(=O)=O)c4)cc3)CC2)cc1. The summed E-state index contributed by atoms with van der Waals surface area (Å²) < 4.78 is 52.1. The number of hydrogen-bond donors (Lipinski definition) is 1. The van der Waals surface area contributed by atoms with Gasteiger partial charge in [0.2, 0.25) is 20.0 Å². The largest absolute Gasteiger partial charge is 0.322 e. The van der Waals surface area contributed by atoms with Gasteiger partial charge < -0.3 is 5.32 Å². The first kappa shape index (κ1) is 27.8. The highest BCUT2D eigenvalue weighted by Crippen LogP contribution is 2.22. The second kappa shape index (κ2) is 11.2. The molecule has 38 heavy (non-hydrogen) atoms. The van der Waals surface area contributed by atoms with E-state index in [2.05, 4.69) is 10.2 Å². The van der Waals surface area contributed by atoms with E-state index in [4.69, 9.17) is 0 Å². The predicted octanol–water partition coefficient (Wildman–Crippen LogP) is 3.15. The normalized spacial score (nSPS) is 15.2. The molecule has 11 heteroatoms. The summed E-state index contributed by atoms with van der Waals surface area (Å²) in [6.07, 6.45) is 1.12. The molecule has 0 atom stereocenters. The highest BCUT2D eigenvalue weighted by atomic mass is 32.2. The molecule has 0 unspecified atom stereocenters. The van der Waals surface area contributed by atoms with Crippen molar-refractivity contribution in [2.45, 2.75) is 18.4 Å². The van der Waals surface area contributed by atoms with Crippen LogP contribution in [0.4, 0.5) is 11.4 Å². The van der Waals surface area contributed by atoms with Crippen LogP contribution < -0.4 is 9.62 Å². The third kappa shape index (κ3) is 6.60. The summed E-state index contributed by atoms with van der Waals surface area (Å²) in [7, 11) is -5.46. The van der Waals surface area contributed by atoms with Gasteiger partial charge >= 0.3 is 0 Å². The van der Waals surface area contributed by atoms with Crippen molar-refractivity contribution in [1.29, 1.82) is 0 Å². The summed E-state index contributed by atoms with van der Waals surface area (Å²) in [6.45, 7) is 4.65. The van der Waals surface area contributed by atoms with Crippen LogP contribution in [0.5, 0.6) is 0 Å². The van der Waals surface area contributed by atoms with E-state index < -0.39 is 20.0 Å². The van der Waals surface area contributed by atoms with Crippen LogP contribution in [0.1, 0.15) is 21.5 Å². The third-order valence-corrected chi connectivity index (χ3v) is 9.70. The van der Waals surface area contributed by atoms with Gasteiger partial charge in [0, 0.05) is 51.0 Å². The van der Waals surface area contributed by atoms with Crippen molar-refractivity contribution >= 4 is 37.3 Å². The van der Waals surface area contributed by atoms with Gasteiger partial charge in [-0.05, 0) is 55.0 Å². The number of sulfonamides is 2. The molecule has 0 aliphatic carbocycles. The van der Waals surface area contributed by atoms with Crippen molar-refractivity contribution in [3.8, 4) is 0 Å². The second-order valence-electron chi connectivity index (χ2n) is 9.43. The van der Waals surface area contributed by atoms with Crippen molar-refractivity contribution < 1.29 is 21.6 Å². The third-order valence-electron chi connectivity index (χ3n) is 6.58. The number of nitrogens with zero attached hydrogens (tertiary/aromatic N) is 3. The lowest BCUT2D eigenvalue weighted by Gasteiger charge is -2.34. The molecule has 3 aromatic carbocycles. The number of nitrogens with one attached hydrogen (secondary N) is 1. The minimum Gasteiger partial charge on any atom is -0.322 e. The van der Waals surface area contributed by atoms with Crippen LogP contribution in [0.3, 0.4) is 0 Å². The van der Waals surface area contributed by atoms with Crippen LogP contribution in [0.2, 0.25) is 0 Å². The van der Waals surface area contributed by atoms with Gasteiger partial charge in [0.15, 0.2) is 0 Å². The van der Waals surface area contributed by atoms with Gasteiger partial charge in [-0.1, -0.05) is 35.9 Å². The lowest BCUT2D eigenvalue weighted by atomic mass is 10.1. The molecular weight excluding hydrogens is 524 g/mol. The fourth-order valence-electron chi connectivity index (χ4n) is 4.18. The molecule has 4 rings (SSSR count). The summed E-state index contributed by atoms with van der Waals surface area (Å²) >= 11 is 0. The van der Waals surface area contributed by atoms with Crippen molar-refractivity contribution in [2.24, 2.45) is 0 Å². The van der Waals surface area contributed by atoms with E-state index in [9.17, 15) is 21.6 Å². The number of amides is 1. The average molecular weight is 557 g/mol. The van der Waals surface area contributed by atoms with Crippen LogP contribution >= 0.6 is 0 Å². The van der Waals surface area contributed by atoms with E-state index in [0.29, 0.717) is 54.6 Å². The molecule has 0 radical (unpaired) electrons. The molecule has 1 saturated heterocycles. The van der Waals surface area contributed by atoms with E-state index in [-0.39, 0.29) is 5.91 Å². The van der Waals surface area contributed by atoms with Gasteiger partial charge in [-0.3, -0.25) is 14.0 Å². The van der Waals surface area contributed by atoms with Crippen LogP contribution in [0.15, 0.2) is 77.7 Å². The van der Waals surface area contributed by atoms with Gasteiger partial charge in [0.1, 0.15) is 0 Å². The second-order valence-corrected chi connectivity index (χ2v) is 13.4. The first-order valence-electron chi connectivity index (χ1n) is 12.2. The summed E-state index contributed by atoms with van der Waals surface area (Å²) in [6, 6.07) is 20.8. The monoisotopic (exact) mass is 556 g/mol. The van der Waals surface area contributed by atoms with Crippen molar-refractivity contribution in [2.75, 3.05) is 49.1 Å². The zero-order valence-corrected chi connectivity index (χ0v) is 23.3. The maximum atomic E-state index is 12.9. The zero-order valence-electron chi connectivity index (χ0n) is 21.7. The van der Waals surface area contributed by atoms with Crippen LogP contribution in [-0.4, -0.2) is 71.4 Å². The molecule has 1 amide bonds. The van der Waals surface area contributed by atoms with E-state index >= 15 is 0 Å². The molecule has 1 heterocycles. The van der Waals surface area contributed by atoms with Gasteiger partial charge in [0.05, 0.1) is 16.8 Å². The minimum atomic E-state index is -3.50. The van der Waals surface area contributed by atoms with Gasteiger partial charge in [-0.2, -0.15) is 4.31 Å². The maximum Gasteiger partial charge on any atom is 0.255 e. The van der Waals surface area contributed by atoms with Crippen LogP contribution in [0, 0.1) is 6.92 Å². The summed E-state index contributed by atoms with van der Waals surface area (Å²) in [5.74, 6) is -0.300. The molecule has 0 spiro atoms. The molecule has 1 aliphatic heterocycles. The van der Waals surface area contributed by atoms with Gasteiger partial charge in [0.25, 0.3) is 5.91 Å². The summed E-state index contributed by atoms with van der Waals surface area (Å²) in [5.41, 5.74) is 3.46. The lowest BCUT2D eigenvalue weighted by molar-refractivity contribution is 0.102. The Morgan fingerprint density at radius 1 is 0.895 bits per heavy atom. The Hall–Kier alpha value is -3.25. The van der Waals surface area contributed by atoms with Crippen molar-refractivity contribution in [3.05, 3.63) is 89.5 Å². The fourth-order valence-corrected chi connectivity index (χ4v) is 6.10. The number of carbonyl (C=O) groups excluding carboxylic acids is 1. The molecule has 1 aliphatic rings. The molecular formula is C27H32N4O5S2. The number of hydrogen-bond acceptors (Lipinski definition) is 6. The maximum absolute atomic E-state index is 12.9. The number of piperazine rings is 1. The summed E-state index contributed by atoms with van der Waals surface area (Å²) in [5, 5.41) is 2.81. The molecule has 202 valence electrons. The number of benzene rings is 3.